The maximum Gasteiger partial charge on any atom is 0.0373 e. The third kappa shape index (κ3) is 3.17. The van der Waals surface area contributed by atoms with Crippen molar-refractivity contribution in [2.24, 2.45) is 5.92 Å². The molecular formula is C18H28N2. The van der Waals surface area contributed by atoms with Gasteiger partial charge in [0.15, 0.2) is 0 Å². The third-order valence-corrected chi connectivity index (χ3v) is 5.03. The van der Waals surface area contributed by atoms with Crippen LogP contribution in [0.4, 0.5) is 5.69 Å². The van der Waals surface area contributed by atoms with Crippen molar-refractivity contribution in [3.8, 4) is 0 Å². The molecular weight excluding hydrogens is 244 g/mol. The first kappa shape index (κ1) is 13.9. The lowest BCUT2D eigenvalue weighted by Crippen LogP contribution is -2.43. The minimum Gasteiger partial charge on any atom is -0.384 e. The van der Waals surface area contributed by atoms with Crippen LogP contribution in [0.2, 0.25) is 0 Å². The van der Waals surface area contributed by atoms with Gasteiger partial charge in [0.1, 0.15) is 0 Å². The van der Waals surface area contributed by atoms with Crippen LogP contribution in [-0.2, 0) is 12.8 Å². The van der Waals surface area contributed by atoms with Gasteiger partial charge < -0.3 is 10.6 Å². The van der Waals surface area contributed by atoms with E-state index in [4.69, 9.17) is 0 Å². The predicted molar refractivity (Wildman–Crippen MR) is 86.4 cm³/mol. The molecule has 2 N–H and O–H groups in total. The van der Waals surface area contributed by atoms with E-state index in [9.17, 15) is 0 Å². The van der Waals surface area contributed by atoms with E-state index in [0.717, 1.165) is 24.9 Å². The maximum atomic E-state index is 3.87. The van der Waals surface area contributed by atoms with Crippen molar-refractivity contribution in [3.63, 3.8) is 0 Å². The van der Waals surface area contributed by atoms with Gasteiger partial charge in [-0.3, -0.25) is 0 Å². The standard InChI is InChI=1S/C18H28N2/c1-13-5-3-4-6-17(13)20-14(2)11-15-7-8-18-16(12-15)9-10-19-18/h7-8,12-14,17,19-20H,3-6,9-11H2,1-2H3. The second kappa shape index (κ2) is 6.17. The van der Waals surface area contributed by atoms with Crippen LogP contribution in [0, 0.1) is 5.92 Å². The van der Waals surface area contributed by atoms with Crippen molar-refractivity contribution in [1.82, 2.24) is 5.32 Å². The van der Waals surface area contributed by atoms with Gasteiger partial charge in [-0.25, -0.2) is 0 Å². The maximum absolute atomic E-state index is 3.87. The van der Waals surface area contributed by atoms with Gasteiger partial charge in [-0.1, -0.05) is 31.9 Å². The topological polar surface area (TPSA) is 24.1 Å². The molecule has 2 aliphatic rings. The molecule has 1 aliphatic heterocycles. The Balaban J connectivity index is 1.57. The zero-order valence-electron chi connectivity index (χ0n) is 12.9. The van der Waals surface area contributed by atoms with E-state index in [0.29, 0.717) is 6.04 Å². The minimum atomic E-state index is 0.577. The highest BCUT2D eigenvalue weighted by atomic mass is 15.0. The summed E-state index contributed by atoms with van der Waals surface area (Å²) in [6.07, 6.45) is 7.92. The largest absolute Gasteiger partial charge is 0.384 e. The molecule has 3 atom stereocenters. The number of benzene rings is 1. The fraction of sp³-hybridized carbons (Fsp3) is 0.667. The van der Waals surface area contributed by atoms with Crippen LogP contribution in [0.5, 0.6) is 0 Å². The van der Waals surface area contributed by atoms with Crippen LogP contribution in [-0.4, -0.2) is 18.6 Å². The Bertz CT molecular complexity index is 455. The highest BCUT2D eigenvalue weighted by Crippen LogP contribution is 2.26. The van der Waals surface area contributed by atoms with Crippen molar-refractivity contribution >= 4 is 5.69 Å². The molecule has 2 heteroatoms. The molecule has 2 nitrogen and oxygen atoms in total. The zero-order valence-corrected chi connectivity index (χ0v) is 12.9. The van der Waals surface area contributed by atoms with Crippen LogP contribution >= 0.6 is 0 Å². The normalized spacial score (nSPS) is 26.9. The van der Waals surface area contributed by atoms with Gasteiger partial charge in [-0.05, 0) is 55.7 Å². The Morgan fingerprint density at radius 3 is 3.00 bits per heavy atom. The molecule has 1 aliphatic carbocycles. The Labute approximate surface area is 123 Å². The highest BCUT2D eigenvalue weighted by molar-refractivity contribution is 5.56. The molecule has 1 heterocycles. The molecule has 0 radical (unpaired) electrons. The van der Waals surface area contributed by atoms with Crippen LogP contribution in [0.3, 0.4) is 0 Å². The molecule has 3 unspecified atom stereocenters. The van der Waals surface area contributed by atoms with Crippen molar-refractivity contribution in [3.05, 3.63) is 29.3 Å². The van der Waals surface area contributed by atoms with E-state index < -0.39 is 0 Å². The SMILES string of the molecule is CC(Cc1ccc2c(c1)CCN2)NC1CCCCC1C. The number of hydrogen-bond donors (Lipinski definition) is 2. The summed E-state index contributed by atoms with van der Waals surface area (Å²) in [4.78, 5) is 0. The molecule has 1 aromatic carbocycles. The van der Waals surface area contributed by atoms with Crippen molar-refractivity contribution in [2.75, 3.05) is 11.9 Å². The number of fused-ring (bicyclic) bond motifs is 1. The summed E-state index contributed by atoms with van der Waals surface area (Å²) in [6, 6.07) is 8.26. The molecule has 20 heavy (non-hydrogen) atoms. The van der Waals surface area contributed by atoms with E-state index in [-0.39, 0.29) is 0 Å². The van der Waals surface area contributed by atoms with Gasteiger partial charge in [0, 0.05) is 24.3 Å². The summed E-state index contributed by atoms with van der Waals surface area (Å²) >= 11 is 0. The molecule has 0 aromatic heterocycles. The van der Waals surface area contributed by atoms with E-state index in [1.165, 1.54) is 48.9 Å². The van der Waals surface area contributed by atoms with Crippen LogP contribution in [0.25, 0.3) is 0 Å². The molecule has 1 aromatic rings. The second-order valence-corrected chi connectivity index (χ2v) is 6.81. The molecule has 0 spiro atoms. The van der Waals surface area contributed by atoms with Crippen LogP contribution in [0.15, 0.2) is 18.2 Å². The van der Waals surface area contributed by atoms with Gasteiger partial charge in [0.25, 0.3) is 0 Å². The van der Waals surface area contributed by atoms with Gasteiger partial charge in [0.2, 0.25) is 0 Å². The molecule has 0 saturated heterocycles. The summed E-state index contributed by atoms with van der Waals surface area (Å²) in [5.41, 5.74) is 4.33. The summed E-state index contributed by atoms with van der Waals surface area (Å²) in [5.74, 6) is 0.843. The smallest absolute Gasteiger partial charge is 0.0373 e. The fourth-order valence-electron chi connectivity index (χ4n) is 3.83. The first-order valence-electron chi connectivity index (χ1n) is 8.34. The van der Waals surface area contributed by atoms with E-state index in [1.807, 2.05) is 0 Å². The van der Waals surface area contributed by atoms with E-state index in [1.54, 1.807) is 0 Å². The molecule has 1 fully saturated rings. The Morgan fingerprint density at radius 1 is 1.30 bits per heavy atom. The fourth-order valence-corrected chi connectivity index (χ4v) is 3.83. The van der Waals surface area contributed by atoms with E-state index in [2.05, 4.69) is 42.7 Å². The monoisotopic (exact) mass is 272 g/mol. The summed E-state index contributed by atoms with van der Waals surface area (Å²) in [6.45, 7) is 5.85. The average Bonchev–Trinajstić information content (AvgIpc) is 2.89. The van der Waals surface area contributed by atoms with Crippen molar-refractivity contribution in [1.29, 1.82) is 0 Å². The lowest BCUT2D eigenvalue weighted by molar-refractivity contribution is 0.262. The van der Waals surface area contributed by atoms with Gasteiger partial charge in [-0.15, -0.1) is 0 Å². The van der Waals surface area contributed by atoms with Crippen molar-refractivity contribution < 1.29 is 0 Å². The summed E-state index contributed by atoms with van der Waals surface area (Å²) < 4.78 is 0. The van der Waals surface area contributed by atoms with Gasteiger partial charge in [-0.2, -0.15) is 0 Å². The molecule has 0 amide bonds. The number of hydrogen-bond acceptors (Lipinski definition) is 2. The number of nitrogens with one attached hydrogen (secondary N) is 2. The van der Waals surface area contributed by atoms with Gasteiger partial charge >= 0.3 is 0 Å². The number of rotatable bonds is 4. The first-order valence-corrected chi connectivity index (χ1v) is 8.34. The zero-order chi connectivity index (χ0) is 13.9. The minimum absolute atomic E-state index is 0.577. The molecule has 110 valence electrons. The average molecular weight is 272 g/mol. The first-order chi connectivity index (χ1) is 9.72. The Kier molecular flexibility index (Phi) is 4.30. The van der Waals surface area contributed by atoms with Crippen molar-refractivity contribution in [2.45, 2.75) is 64.5 Å². The predicted octanol–water partition coefficient (Wildman–Crippen LogP) is 3.75. The van der Waals surface area contributed by atoms with Crippen LogP contribution in [0.1, 0.15) is 50.7 Å². The van der Waals surface area contributed by atoms with E-state index >= 15 is 0 Å². The van der Waals surface area contributed by atoms with Crippen LogP contribution < -0.4 is 10.6 Å². The lowest BCUT2D eigenvalue weighted by Gasteiger charge is -2.32. The third-order valence-electron chi connectivity index (χ3n) is 5.03. The highest BCUT2D eigenvalue weighted by Gasteiger charge is 2.22. The lowest BCUT2D eigenvalue weighted by atomic mass is 9.85. The molecule has 0 bridgehead atoms. The molecule has 1 saturated carbocycles. The quantitative estimate of drug-likeness (QED) is 0.872. The Hall–Kier alpha value is -1.02. The number of anilines is 1. The summed E-state index contributed by atoms with van der Waals surface area (Å²) in [7, 11) is 0. The second-order valence-electron chi connectivity index (χ2n) is 6.81. The van der Waals surface area contributed by atoms with Gasteiger partial charge in [0.05, 0.1) is 0 Å². The summed E-state index contributed by atoms with van der Waals surface area (Å²) in [5, 5.41) is 7.31. The molecule has 3 rings (SSSR count). The Morgan fingerprint density at radius 2 is 2.15 bits per heavy atom.